The first kappa shape index (κ1) is 31.5. The standard InChI is InChI=1S/C30H35Cl2N3O4S/c1-4-27(30(37)33-20-22(2)3)34(18-17-23-11-7-5-8-12-23)29(36)21-35(28-16-15-24(31)19-26(28)32)40(38,39)25-13-9-6-10-14-25/h5-16,19,22,27H,4,17-18,20-21H2,1-3H3,(H,33,37)/t27-/m1/s1. The molecular formula is C30H35Cl2N3O4S. The number of nitrogens with one attached hydrogen (secondary N) is 1. The minimum atomic E-state index is -4.20. The van der Waals surface area contributed by atoms with Crippen LogP contribution in [0.5, 0.6) is 0 Å². The normalized spacial score (nSPS) is 12.2. The van der Waals surface area contributed by atoms with Crippen molar-refractivity contribution in [1.82, 2.24) is 10.2 Å². The smallest absolute Gasteiger partial charge is 0.264 e. The summed E-state index contributed by atoms with van der Waals surface area (Å²) in [5, 5.41) is 3.33. The molecule has 214 valence electrons. The van der Waals surface area contributed by atoms with E-state index in [0.717, 1.165) is 9.87 Å². The van der Waals surface area contributed by atoms with Crippen LogP contribution in [-0.4, -0.2) is 50.8 Å². The number of sulfonamides is 1. The number of carbonyl (C=O) groups is 2. The highest BCUT2D eigenvalue weighted by atomic mass is 35.5. The SMILES string of the molecule is CC[C@H](C(=O)NCC(C)C)N(CCc1ccccc1)C(=O)CN(c1ccc(Cl)cc1Cl)S(=O)(=O)c1ccccc1. The zero-order chi connectivity index (χ0) is 29.3. The third-order valence-electron chi connectivity index (χ3n) is 6.34. The number of amides is 2. The average Bonchev–Trinajstić information content (AvgIpc) is 2.94. The van der Waals surface area contributed by atoms with Gasteiger partial charge in [-0.25, -0.2) is 8.42 Å². The molecule has 7 nitrogen and oxygen atoms in total. The number of anilines is 1. The van der Waals surface area contributed by atoms with Gasteiger partial charge in [-0.05, 0) is 54.7 Å². The van der Waals surface area contributed by atoms with Gasteiger partial charge < -0.3 is 10.2 Å². The number of carbonyl (C=O) groups excluding carboxylic acids is 2. The van der Waals surface area contributed by atoms with Crippen LogP contribution in [0.2, 0.25) is 10.0 Å². The molecule has 3 rings (SSSR count). The van der Waals surface area contributed by atoms with Crippen molar-refractivity contribution in [2.45, 2.75) is 44.6 Å². The average molecular weight is 605 g/mol. The Morgan fingerprint density at radius 2 is 1.55 bits per heavy atom. The highest BCUT2D eigenvalue weighted by Crippen LogP contribution is 2.33. The van der Waals surface area contributed by atoms with Crippen LogP contribution < -0.4 is 9.62 Å². The molecule has 0 aliphatic carbocycles. The van der Waals surface area contributed by atoms with Gasteiger partial charge in [0.1, 0.15) is 12.6 Å². The fourth-order valence-corrected chi connectivity index (χ4v) is 6.25. The van der Waals surface area contributed by atoms with E-state index in [2.05, 4.69) is 5.32 Å². The summed E-state index contributed by atoms with van der Waals surface area (Å²) in [7, 11) is -4.20. The van der Waals surface area contributed by atoms with Crippen LogP contribution in [0.4, 0.5) is 5.69 Å². The zero-order valence-electron chi connectivity index (χ0n) is 22.9. The summed E-state index contributed by atoms with van der Waals surface area (Å²) in [6.45, 7) is 5.94. The lowest BCUT2D eigenvalue weighted by Crippen LogP contribution is -2.53. The highest BCUT2D eigenvalue weighted by Gasteiger charge is 2.34. The van der Waals surface area contributed by atoms with Crippen molar-refractivity contribution < 1.29 is 18.0 Å². The lowest BCUT2D eigenvalue weighted by Gasteiger charge is -2.33. The molecule has 1 N–H and O–H groups in total. The lowest BCUT2D eigenvalue weighted by atomic mass is 10.1. The predicted molar refractivity (Wildman–Crippen MR) is 161 cm³/mol. The summed E-state index contributed by atoms with van der Waals surface area (Å²) in [5.74, 6) is -0.568. The quantitative estimate of drug-likeness (QED) is 0.267. The molecule has 0 saturated heterocycles. The molecule has 0 fully saturated rings. The first-order valence-corrected chi connectivity index (χ1v) is 15.4. The number of hydrogen-bond acceptors (Lipinski definition) is 4. The molecule has 0 aliphatic rings. The number of hydrogen-bond donors (Lipinski definition) is 1. The fraction of sp³-hybridized carbons (Fsp3) is 0.333. The van der Waals surface area contributed by atoms with E-state index < -0.39 is 28.5 Å². The lowest BCUT2D eigenvalue weighted by molar-refractivity contribution is -0.139. The fourth-order valence-electron chi connectivity index (χ4n) is 4.23. The summed E-state index contributed by atoms with van der Waals surface area (Å²) in [5.41, 5.74) is 1.11. The van der Waals surface area contributed by atoms with Crippen LogP contribution in [0.25, 0.3) is 0 Å². The molecule has 0 unspecified atom stereocenters. The van der Waals surface area contributed by atoms with E-state index in [1.54, 1.807) is 18.2 Å². The van der Waals surface area contributed by atoms with Gasteiger partial charge in [-0.1, -0.05) is 92.5 Å². The van der Waals surface area contributed by atoms with E-state index in [4.69, 9.17) is 23.2 Å². The molecular weight excluding hydrogens is 569 g/mol. The zero-order valence-corrected chi connectivity index (χ0v) is 25.2. The minimum absolute atomic E-state index is 0.00590. The summed E-state index contributed by atoms with van der Waals surface area (Å²) >= 11 is 12.5. The second kappa shape index (κ2) is 14.5. The van der Waals surface area contributed by atoms with Crippen molar-refractivity contribution >= 4 is 50.7 Å². The summed E-state index contributed by atoms with van der Waals surface area (Å²) < 4.78 is 28.7. The highest BCUT2D eigenvalue weighted by molar-refractivity contribution is 7.92. The van der Waals surface area contributed by atoms with Crippen LogP contribution in [0.3, 0.4) is 0 Å². The van der Waals surface area contributed by atoms with Gasteiger partial charge in [-0.2, -0.15) is 0 Å². The van der Waals surface area contributed by atoms with Gasteiger partial charge in [0.2, 0.25) is 11.8 Å². The van der Waals surface area contributed by atoms with Crippen molar-refractivity contribution in [3.63, 3.8) is 0 Å². The molecule has 3 aromatic rings. The molecule has 0 bridgehead atoms. The maximum absolute atomic E-state index is 14.0. The molecule has 0 saturated carbocycles. The Bertz CT molecular complexity index is 1390. The topological polar surface area (TPSA) is 86.8 Å². The van der Waals surface area contributed by atoms with Gasteiger partial charge in [0, 0.05) is 18.1 Å². The molecule has 10 heteroatoms. The maximum atomic E-state index is 14.0. The molecule has 2 amide bonds. The Balaban J connectivity index is 2.01. The number of nitrogens with zero attached hydrogens (tertiary/aromatic N) is 2. The first-order valence-electron chi connectivity index (χ1n) is 13.2. The van der Waals surface area contributed by atoms with Gasteiger partial charge in [0.15, 0.2) is 0 Å². The molecule has 0 heterocycles. The Morgan fingerprint density at radius 3 is 2.12 bits per heavy atom. The second-order valence-electron chi connectivity index (χ2n) is 9.81. The third-order valence-corrected chi connectivity index (χ3v) is 8.65. The van der Waals surface area contributed by atoms with E-state index in [-0.39, 0.29) is 34.0 Å². The van der Waals surface area contributed by atoms with Crippen molar-refractivity contribution in [2.24, 2.45) is 5.92 Å². The number of rotatable bonds is 13. The molecule has 0 spiro atoms. The molecule has 40 heavy (non-hydrogen) atoms. The van der Waals surface area contributed by atoms with E-state index >= 15 is 0 Å². The van der Waals surface area contributed by atoms with E-state index in [1.165, 1.54) is 35.2 Å². The Kier molecular flexibility index (Phi) is 11.4. The van der Waals surface area contributed by atoms with Crippen molar-refractivity contribution in [2.75, 3.05) is 23.9 Å². The Labute approximate surface area is 247 Å². The second-order valence-corrected chi connectivity index (χ2v) is 12.5. The monoisotopic (exact) mass is 603 g/mol. The van der Waals surface area contributed by atoms with Gasteiger partial charge >= 0.3 is 0 Å². The minimum Gasteiger partial charge on any atom is -0.354 e. The molecule has 0 aliphatic heterocycles. The van der Waals surface area contributed by atoms with E-state index in [1.807, 2.05) is 51.1 Å². The number of halogens is 2. The van der Waals surface area contributed by atoms with Crippen molar-refractivity contribution in [1.29, 1.82) is 0 Å². The predicted octanol–water partition coefficient (Wildman–Crippen LogP) is 5.81. The molecule has 0 radical (unpaired) electrons. The van der Waals surface area contributed by atoms with E-state index in [9.17, 15) is 18.0 Å². The molecule has 3 aromatic carbocycles. The third kappa shape index (κ3) is 8.22. The Morgan fingerprint density at radius 1 is 0.925 bits per heavy atom. The molecule has 1 atom stereocenters. The van der Waals surface area contributed by atoms with Crippen LogP contribution in [-0.2, 0) is 26.0 Å². The van der Waals surface area contributed by atoms with Crippen LogP contribution in [0.15, 0.2) is 83.8 Å². The Hall–Kier alpha value is -3.07. The molecule has 0 aromatic heterocycles. The van der Waals surface area contributed by atoms with Gasteiger partial charge in [-0.3, -0.25) is 13.9 Å². The van der Waals surface area contributed by atoms with Gasteiger partial charge in [0.25, 0.3) is 10.0 Å². The van der Waals surface area contributed by atoms with E-state index in [0.29, 0.717) is 24.4 Å². The summed E-state index contributed by atoms with van der Waals surface area (Å²) in [6.07, 6.45) is 0.852. The van der Waals surface area contributed by atoms with Crippen LogP contribution >= 0.6 is 23.2 Å². The first-order chi connectivity index (χ1) is 19.0. The van der Waals surface area contributed by atoms with Crippen molar-refractivity contribution in [3.8, 4) is 0 Å². The largest absolute Gasteiger partial charge is 0.354 e. The van der Waals surface area contributed by atoms with Gasteiger partial charge in [-0.15, -0.1) is 0 Å². The summed E-state index contributed by atoms with van der Waals surface area (Å²) in [6, 6.07) is 21.1. The van der Waals surface area contributed by atoms with Crippen molar-refractivity contribution in [3.05, 3.63) is 94.5 Å². The summed E-state index contributed by atoms with van der Waals surface area (Å²) in [4.78, 5) is 28.7. The van der Waals surface area contributed by atoms with Crippen LogP contribution in [0.1, 0.15) is 32.8 Å². The van der Waals surface area contributed by atoms with Crippen LogP contribution in [0, 0.1) is 5.92 Å². The number of benzene rings is 3. The maximum Gasteiger partial charge on any atom is 0.264 e. The van der Waals surface area contributed by atoms with Gasteiger partial charge in [0.05, 0.1) is 15.6 Å².